The average molecular weight is 227 g/mol. The van der Waals surface area contributed by atoms with Crippen LogP contribution in [0.15, 0.2) is 0 Å². The molecule has 5 heteroatoms. The summed E-state index contributed by atoms with van der Waals surface area (Å²) in [6.07, 6.45) is 0.523. The first kappa shape index (κ1) is 10.6. The van der Waals surface area contributed by atoms with E-state index in [1.165, 1.54) is 11.3 Å². The van der Waals surface area contributed by atoms with Crippen molar-refractivity contribution in [3.8, 4) is 0 Å². The van der Waals surface area contributed by atoms with Crippen LogP contribution in [0.5, 0.6) is 0 Å². The number of hydrogen-bond donors (Lipinski definition) is 1. The molecule has 0 radical (unpaired) electrons. The number of aryl methyl sites for hydroxylation is 2. The molecule has 1 aliphatic rings. The number of carbonyl (C=O) groups is 1. The van der Waals surface area contributed by atoms with Crippen molar-refractivity contribution in [1.82, 2.24) is 4.98 Å². The van der Waals surface area contributed by atoms with Gasteiger partial charge in [0.05, 0.1) is 12.3 Å². The van der Waals surface area contributed by atoms with Crippen LogP contribution < -0.4 is 0 Å². The third kappa shape index (κ3) is 1.55. The molecule has 0 spiro atoms. The summed E-state index contributed by atoms with van der Waals surface area (Å²) in [5, 5.41) is 9.99. The SMILES string of the molecule is Cc1nc(C2(C(=O)O)CCOC2)sc1C. The lowest BCUT2D eigenvalue weighted by molar-refractivity contribution is -0.143. The predicted octanol–water partition coefficient (Wildman–Crippen LogP) is 1.50. The van der Waals surface area contributed by atoms with Crippen LogP contribution in [0.3, 0.4) is 0 Å². The number of rotatable bonds is 2. The third-order valence-corrected chi connectivity index (χ3v) is 4.15. The first-order valence-corrected chi connectivity index (χ1v) is 5.63. The Bertz CT molecular complexity index is 374. The van der Waals surface area contributed by atoms with Gasteiger partial charge in [-0.05, 0) is 20.3 Å². The fourth-order valence-electron chi connectivity index (χ4n) is 1.67. The van der Waals surface area contributed by atoms with Gasteiger partial charge in [-0.3, -0.25) is 4.79 Å². The van der Waals surface area contributed by atoms with Crippen molar-refractivity contribution in [1.29, 1.82) is 0 Å². The van der Waals surface area contributed by atoms with E-state index in [1.54, 1.807) is 0 Å². The minimum absolute atomic E-state index is 0.245. The predicted molar refractivity (Wildman–Crippen MR) is 56.3 cm³/mol. The molecule has 2 rings (SSSR count). The number of nitrogens with zero attached hydrogens (tertiary/aromatic N) is 1. The molecule has 15 heavy (non-hydrogen) atoms. The summed E-state index contributed by atoms with van der Waals surface area (Å²) in [5.74, 6) is -0.825. The Labute approximate surface area is 91.9 Å². The van der Waals surface area contributed by atoms with Gasteiger partial charge >= 0.3 is 5.97 Å². The van der Waals surface area contributed by atoms with Gasteiger partial charge in [0.2, 0.25) is 0 Å². The fourth-order valence-corrected chi connectivity index (χ4v) is 2.78. The van der Waals surface area contributed by atoms with E-state index in [9.17, 15) is 9.90 Å². The average Bonchev–Trinajstić information content (AvgIpc) is 2.75. The van der Waals surface area contributed by atoms with E-state index in [4.69, 9.17) is 4.74 Å². The van der Waals surface area contributed by atoms with Crippen LogP contribution in [-0.2, 0) is 14.9 Å². The number of hydrogen-bond acceptors (Lipinski definition) is 4. The second kappa shape index (κ2) is 3.57. The van der Waals surface area contributed by atoms with Crippen LogP contribution >= 0.6 is 11.3 Å². The highest BCUT2D eigenvalue weighted by atomic mass is 32.1. The zero-order valence-electron chi connectivity index (χ0n) is 8.74. The van der Waals surface area contributed by atoms with E-state index in [1.807, 2.05) is 13.8 Å². The highest BCUT2D eigenvalue weighted by Gasteiger charge is 2.46. The molecule has 82 valence electrons. The van der Waals surface area contributed by atoms with Gasteiger partial charge in [-0.2, -0.15) is 0 Å². The molecular formula is C10H13NO3S. The summed E-state index contributed by atoms with van der Waals surface area (Å²) in [6, 6.07) is 0. The number of aliphatic carboxylic acids is 1. The lowest BCUT2D eigenvalue weighted by Crippen LogP contribution is -2.36. The largest absolute Gasteiger partial charge is 0.480 e. The van der Waals surface area contributed by atoms with Gasteiger partial charge in [0, 0.05) is 11.5 Å². The maximum Gasteiger partial charge on any atom is 0.319 e. The van der Waals surface area contributed by atoms with Crippen molar-refractivity contribution in [2.24, 2.45) is 0 Å². The zero-order valence-corrected chi connectivity index (χ0v) is 9.56. The molecule has 2 heterocycles. The smallest absolute Gasteiger partial charge is 0.319 e. The topological polar surface area (TPSA) is 59.4 Å². The number of carboxylic acid groups (broad SMARTS) is 1. The summed E-state index contributed by atoms with van der Waals surface area (Å²) >= 11 is 1.47. The fraction of sp³-hybridized carbons (Fsp3) is 0.600. The van der Waals surface area contributed by atoms with Crippen LogP contribution in [0.1, 0.15) is 22.0 Å². The summed E-state index contributed by atoms with van der Waals surface area (Å²) < 4.78 is 5.21. The standard InChI is InChI=1S/C10H13NO3S/c1-6-7(2)15-8(11-6)10(9(12)13)3-4-14-5-10/h3-5H2,1-2H3,(H,12,13). The molecule has 1 atom stereocenters. The molecule has 1 aromatic rings. The van der Waals surface area contributed by atoms with Gasteiger partial charge in [0.1, 0.15) is 10.4 Å². The van der Waals surface area contributed by atoms with Crippen LogP contribution in [0.4, 0.5) is 0 Å². The van der Waals surface area contributed by atoms with Gasteiger partial charge in [-0.25, -0.2) is 4.98 Å². The van der Waals surface area contributed by atoms with Crippen LogP contribution in [0, 0.1) is 13.8 Å². The Kier molecular flexibility index (Phi) is 2.52. The van der Waals surface area contributed by atoms with Crippen molar-refractivity contribution < 1.29 is 14.6 Å². The second-order valence-corrected chi connectivity index (χ2v) is 5.05. The van der Waals surface area contributed by atoms with Crippen LogP contribution in [0.2, 0.25) is 0 Å². The van der Waals surface area contributed by atoms with Crippen molar-refractivity contribution in [3.05, 3.63) is 15.6 Å². The van der Waals surface area contributed by atoms with Crippen molar-refractivity contribution in [2.45, 2.75) is 25.7 Å². The van der Waals surface area contributed by atoms with E-state index in [-0.39, 0.29) is 6.61 Å². The van der Waals surface area contributed by atoms with E-state index >= 15 is 0 Å². The van der Waals surface area contributed by atoms with Crippen molar-refractivity contribution in [2.75, 3.05) is 13.2 Å². The quantitative estimate of drug-likeness (QED) is 0.831. The van der Waals surface area contributed by atoms with Crippen LogP contribution in [0.25, 0.3) is 0 Å². The molecule has 1 aromatic heterocycles. The lowest BCUT2D eigenvalue weighted by atomic mass is 9.88. The molecule has 0 aliphatic carbocycles. The highest BCUT2D eigenvalue weighted by Crippen LogP contribution is 2.36. The van der Waals surface area contributed by atoms with E-state index in [0.717, 1.165) is 10.6 Å². The first-order chi connectivity index (χ1) is 7.06. The molecule has 0 saturated carbocycles. The maximum atomic E-state index is 11.3. The van der Waals surface area contributed by atoms with Gasteiger partial charge in [0.25, 0.3) is 0 Å². The molecule has 4 nitrogen and oxygen atoms in total. The normalized spacial score (nSPS) is 25.7. The molecule has 0 amide bonds. The Morgan fingerprint density at radius 3 is 2.73 bits per heavy atom. The number of aromatic nitrogens is 1. The van der Waals surface area contributed by atoms with E-state index in [2.05, 4.69) is 4.98 Å². The number of carboxylic acids is 1. The summed E-state index contributed by atoms with van der Waals surface area (Å²) in [7, 11) is 0. The highest BCUT2D eigenvalue weighted by molar-refractivity contribution is 7.12. The number of thiazole rings is 1. The Morgan fingerprint density at radius 1 is 1.60 bits per heavy atom. The van der Waals surface area contributed by atoms with Crippen molar-refractivity contribution in [3.63, 3.8) is 0 Å². The second-order valence-electron chi connectivity index (χ2n) is 3.85. The maximum absolute atomic E-state index is 11.3. The van der Waals surface area contributed by atoms with E-state index < -0.39 is 11.4 Å². The summed E-state index contributed by atoms with van der Waals surface area (Å²) in [6.45, 7) is 4.61. The van der Waals surface area contributed by atoms with Crippen molar-refractivity contribution >= 4 is 17.3 Å². The number of ether oxygens (including phenoxy) is 1. The monoisotopic (exact) mass is 227 g/mol. The van der Waals surface area contributed by atoms with E-state index in [0.29, 0.717) is 18.0 Å². The Morgan fingerprint density at radius 2 is 2.33 bits per heavy atom. The molecule has 1 saturated heterocycles. The molecule has 1 fully saturated rings. The minimum atomic E-state index is -0.899. The van der Waals surface area contributed by atoms with Crippen LogP contribution in [-0.4, -0.2) is 29.3 Å². The lowest BCUT2D eigenvalue weighted by Gasteiger charge is -2.18. The molecular weight excluding hydrogens is 214 g/mol. The Balaban J connectivity index is 2.45. The molecule has 0 bridgehead atoms. The molecule has 1 unspecified atom stereocenters. The zero-order chi connectivity index (χ0) is 11.1. The molecule has 0 aromatic carbocycles. The summed E-state index contributed by atoms with van der Waals surface area (Å²) in [4.78, 5) is 16.8. The third-order valence-electron chi connectivity index (χ3n) is 2.87. The van der Waals surface area contributed by atoms with Gasteiger partial charge in [-0.15, -0.1) is 11.3 Å². The Hall–Kier alpha value is -0.940. The van der Waals surface area contributed by atoms with Gasteiger partial charge in [-0.1, -0.05) is 0 Å². The van der Waals surface area contributed by atoms with Gasteiger partial charge in [0.15, 0.2) is 0 Å². The molecule has 1 N–H and O–H groups in total. The first-order valence-electron chi connectivity index (χ1n) is 4.82. The van der Waals surface area contributed by atoms with Gasteiger partial charge < -0.3 is 9.84 Å². The molecule has 1 aliphatic heterocycles. The minimum Gasteiger partial charge on any atom is -0.480 e. The summed E-state index contributed by atoms with van der Waals surface area (Å²) in [5.41, 5.74) is 0.0199.